The summed E-state index contributed by atoms with van der Waals surface area (Å²) in [6.45, 7) is 1.52. The molecule has 3 rings (SSSR count). The Labute approximate surface area is 149 Å². The van der Waals surface area contributed by atoms with Crippen LogP contribution in [0.15, 0.2) is 41.3 Å². The molecule has 0 radical (unpaired) electrons. The number of ether oxygens (including phenoxy) is 1. The predicted octanol–water partition coefficient (Wildman–Crippen LogP) is 1.31. The van der Waals surface area contributed by atoms with Gasteiger partial charge in [-0.25, -0.2) is 9.18 Å². The van der Waals surface area contributed by atoms with Gasteiger partial charge in [0.1, 0.15) is 0 Å². The summed E-state index contributed by atoms with van der Waals surface area (Å²) in [7, 11) is 0. The topological polar surface area (TPSA) is 107 Å². The van der Waals surface area contributed by atoms with Crippen molar-refractivity contribution < 1.29 is 19.0 Å². The second kappa shape index (κ2) is 6.97. The summed E-state index contributed by atoms with van der Waals surface area (Å²) in [6, 6.07) is 8.32. The Kier molecular flexibility index (Phi) is 4.88. The van der Waals surface area contributed by atoms with Crippen LogP contribution in [0.1, 0.15) is 30.1 Å². The first-order chi connectivity index (χ1) is 12.4. The van der Waals surface area contributed by atoms with Crippen LogP contribution < -0.4 is 11.4 Å². The molecular weight excluding hydrogens is 341 g/mol. The fourth-order valence-electron chi connectivity index (χ4n) is 3.51. The highest BCUT2D eigenvalue weighted by Gasteiger charge is 2.55. The van der Waals surface area contributed by atoms with Gasteiger partial charge in [0.15, 0.2) is 11.6 Å². The van der Waals surface area contributed by atoms with Gasteiger partial charge in [0, 0.05) is 11.5 Å². The number of aliphatic hydroxyl groups is 1. The molecule has 1 aliphatic heterocycles. The zero-order valence-electron chi connectivity index (χ0n) is 14.3. The van der Waals surface area contributed by atoms with Crippen molar-refractivity contribution in [2.24, 2.45) is 5.92 Å². The van der Waals surface area contributed by atoms with E-state index in [9.17, 15) is 19.1 Å². The number of halogens is 1. The number of hydrogen-bond donors (Lipinski definition) is 2. The molecule has 0 aliphatic carbocycles. The van der Waals surface area contributed by atoms with E-state index in [0.29, 0.717) is 18.4 Å². The van der Waals surface area contributed by atoms with Crippen molar-refractivity contribution in [3.63, 3.8) is 0 Å². The maximum atomic E-state index is 14.1. The lowest BCUT2D eigenvalue weighted by Gasteiger charge is -2.34. The van der Waals surface area contributed by atoms with Crippen LogP contribution in [0.4, 0.5) is 10.2 Å². The minimum atomic E-state index is -1.79. The van der Waals surface area contributed by atoms with E-state index in [1.165, 1.54) is 0 Å². The smallest absolute Gasteiger partial charge is 0.352 e. The lowest BCUT2D eigenvalue weighted by Crippen LogP contribution is -2.52. The lowest BCUT2D eigenvalue weighted by atomic mass is 9.85. The van der Waals surface area contributed by atoms with E-state index in [1.807, 2.05) is 6.92 Å². The zero-order valence-corrected chi connectivity index (χ0v) is 14.3. The molecule has 1 aromatic heterocycles. The second-order valence-corrected chi connectivity index (χ2v) is 6.28. The molecule has 1 aliphatic rings. The predicted molar refractivity (Wildman–Crippen MR) is 92.0 cm³/mol. The number of ketones is 1. The van der Waals surface area contributed by atoms with Crippen molar-refractivity contribution in [1.29, 1.82) is 0 Å². The molecule has 26 heavy (non-hydrogen) atoms. The molecule has 8 heteroatoms. The van der Waals surface area contributed by atoms with E-state index in [-0.39, 0.29) is 6.61 Å². The average Bonchev–Trinajstić information content (AvgIpc) is 3.04. The number of carbonyl (C=O) groups excluding carboxylic acids is 1. The Morgan fingerprint density at radius 1 is 1.46 bits per heavy atom. The normalized spacial score (nSPS) is 25.3. The number of anilines is 1. The summed E-state index contributed by atoms with van der Waals surface area (Å²) in [5.74, 6) is -2.40. The molecule has 1 saturated heterocycles. The van der Waals surface area contributed by atoms with Crippen molar-refractivity contribution >= 4 is 11.6 Å². The SMILES string of the molecule is CC[C@@H]1C[C@@H](CO)O[C@@]1(C(=O)c1ccccc1)n1cc(F)c(N)nc1=O. The van der Waals surface area contributed by atoms with Gasteiger partial charge in [0.05, 0.1) is 18.9 Å². The highest BCUT2D eigenvalue weighted by Crippen LogP contribution is 2.43. The average molecular weight is 361 g/mol. The molecule has 2 aromatic rings. The van der Waals surface area contributed by atoms with Gasteiger partial charge in [-0.3, -0.25) is 9.36 Å². The highest BCUT2D eigenvalue weighted by molar-refractivity contribution is 6.01. The van der Waals surface area contributed by atoms with E-state index in [2.05, 4.69) is 4.98 Å². The van der Waals surface area contributed by atoms with Crippen molar-refractivity contribution in [2.75, 3.05) is 12.3 Å². The summed E-state index contributed by atoms with van der Waals surface area (Å²) in [5.41, 5.74) is 3.01. The standard InChI is InChI=1S/C18H20FN3O4/c1-2-12-8-13(10-23)26-18(12,15(24)11-6-4-3-5-7-11)22-9-14(19)16(20)21-17(22)25/h3-7,9,12-13,23H,2,8,10H2,1H3,(H2,20,21,25)/t12-,13+,18+/m1/s1. The number of nitrogens with two attached hydrogens (primary N) is 1. The van der Waals surface area contributed by atoms with Crippen LogP contribution in [-0.4, -0.2) is 33.2 Å². The number of nitrogens with zero attached hydrogens (tertiary/aromatic N) is 2. The van der Waals surface area contributed by atoms with E-state index in [1.54, 1.807) is 30.3 Å². The van der Waals surface area contributed by atoms with Crippen molar-refractivity contribution in [3.05, 3.63) is 58.4 Å². The molecular formula is C18H20FN3O4. The maximum Gasteiger partial charge on any atom is 0.352 e. The lowest BCUT2D eigenvalue weighted by molar-refractivity contribution is -0.101. The molecule has 7 nitrogen and oxygen atoms in total. The largest absolute Gasteiger partial charge is 0.394 e. The fraction of sp³-hybridized carbons (Fsp3) is 0.389. The molecule has 1 fully saturated rings. The Morgan fingerprint density at radius 2 is 2.15 bits per heavy atom. The summed E-state index contributed by atoms with van der Waals surface area (Å²) in [4.78, 5) is 29.4. The number of aliphatic hydroxyl groups excluding tert-OH is 1. The van der Waals surface area contributed by atoms with E-state index < -0.39 is 40.9 Å². The molecule has 0 saturated carbocycles. The molecule has 138 valence electrons. The minimum absolute atomic E-state index is 0.314. The van der Waals surface area contributed by atoms with Gasteiger partial charge in [-0.2, -0.15) is 4.98 Å². The Hall–Kier alpha value is -2.58. The molecule has 3 N–H and O–H groups in total. The molecule has 0 unspecified atom stereocenters. The Morgan fingerprint density at radius 3 is 2.77 bits per heavy atom. The number of Topliss-reactive ketones (excluding diaryl/α,β-unsaturated/α-hetero) is 1. The van der Waals surface area contributed by atoms with Crippen molar-refractivity contribution in [3.8, 4) is 0 Å². The second-order valence-electron chi connectivity index (χ2n) is 6.28. The van der Waals surface area contributed by atoms with Gasteiger partial charge in [0.2, 0.25) is 11.5 Å². The monoisotopic (exact) mass is 361 g/mol. The van der Waals surface area contributed by atoms with Crippen molar-refractivity contribution in [2.45, 2.75) is 31.6 Å². The van der Waals surface area contributed by atoms with Gasteiger partial charge in [0.25, 0.3) is 0 Å². The van der Waals surface area contributed by atoms with Gasteiger partial charge < -0.3 is 15.6 Å². The molecule has 0 amide bonds. The van der Waals surface area contributed by atoms with Crippen molar-refractivity contribution in [1.82, 2.24) is 9.55 Å². The molecule has 3 atom stereocenters. The van der Waals surface area contributed by atoms with E-state index in [0.717, 1.165) is 10.8 Å². The Bertz CT molecular complexity index is 870. The molecule has 0 spiro atoms. The minimum Gasteiger partial charge on any atom is -0.394 e. The van der Waals surface area contributed by atoms with Gasteiger partial charge >= 0.3 is 5.69 Å². The third-order valence-electron chi connectivity index (χ3n) is 4.77. The van der Waals surface area contributed by atoms with Crippen LogP contribution in [0.25, 0.3) is 0 Å². The van der Waals surface area contributed by atoms with E-state index >= 15 is 0 Å². The summed E-state index contributed by atoms with van der Waals surface area (Å²) < 4.78 is 20.9. The summed E-state index contributed by atoms with van der Waals surface area (Å²) in [6.07, 6.45) is 1.03. The van der Waals surface area contributed by atoms with Gasteiger partial charge in [-0.05, 0) is 12.8 Å². The first kappa shape index (κ1) is 18.2. The molecule has 0 bridgehead atoms. The third kappa shape index (κ3) is 2.81. The summed E-state index contributed by atoms with van der Waals surface area (Å²) >= 11 is 0. The quantitative estimate of drug-likeness (QED) is 0.778. The number of nitrogen functional groups attached to an aromatic ring is 1. The van der Waals surface area contributed by atoms with E-state index in [4.69, 9.17) is 10.5 Å². The maximum absolute atomic E-state index is 14.1. The molecule has 1 aromatic carbocycles. The number of aromatic nitrogens is 2. The van der Waals surface area contributed by atoms with Crippen LogP contribution in [0, 0.1) is 11.7 Å². The summed E-state index contributed by atoms with van der Waals surface area (Å²) in [5, 5.41) is 9.55. The fourth-order valence-corrected chi connectivity index (χ4v) is 3.51. The number of rotatable bonds is 5. The highest BCUT2D eigenvalue weighted by atomic mass is 19.1. The first-order valence-corrected chi connectivity index (χ1v) is 8.37. The Balaban J connectivity index is 2.25. The van der Waals surface area contributed by atoms with Crippen LogP contribution in [-0.2, 0) is 10.5 Å². The number of carbonyl (C=O) groups is 1. The molecule has 2 heterocycles. The van der Waals surface area contributed by atoms with Gasteiger partial charge in [-0.1, -0.05) is 37.3 Å². The number of benzene rings is 1. The van der Waals surface area contributed by atoms with Crippen LogP contribution in [0.5, 0.6) is 0 Å². The number of hydrogen-bond acceptors (Lipinski definition) is 6. The van der Waals surface area contributed by atoms with Gasteiger partial charge in [-0.15, -0.1) is 0 Å². The van der Waals surface area contributed by atoms with Crippen LogP contribution >= 0.6 is 0 Å². The van der Waals surface area contributed by atoms with Crippen LogP contribution in [0.3, 0.4) is 0 Å². The zero-order chi connectivity index (χ0) is 18.9. The first-order valence-electron chi connectivity index (χ1n) is 8.37. The third-order valence-corrected chi connectivity index (χ3v) is 4.77. The van der Waals surface area contributed by atoms with Crippen LogP contribution in [0.2, 0.25) is 0 Å².